The largest absolute Gasteiger partial charge is 0.495 e. The lowest BCUT2D eigenvalue weighted by Gasteiger charge is -2.29. The normalized spacial score (nSPS) is 17.0. The standard InChI is InChI=1S/C14H18ClNO6S/c1-21-11-8-13(12(22-2)7-10(11)15)23(19,20)16-5-3-9(4-6-16)14(17)18/h7-9H,3-6H2,1-2H3,(H,17,18). The smallest absolute Gasteiger partial charge is 0.306 e. The van der Waals surface area contributed by atoms with Crippen LogP contribution < -0.4 is 9.47 Å². The molecule has 0 amide bonds. The maximum absolute atomic E-state index is 12.8. The number of hydrogen-bond acceptors (Lipinski definition) is 5. The molecule has 23 heavy (non-hydrogen) atoms. The van der Waals surface area contributed by atoms with Gasteiger partial charge in [0.1, 0.15) is 16.4 Å². The van der Waals surface area contributed by atoms with Gasteiger partial charge in [-0.3, -0.25) is 4.79 Å². The van der Waals surface area contributed by atoms with E-state index in [9.17, 15) is 13.2 Å². The van der Waals surface area contributed by atoms with Crippen molar-refractivity contribution < 1.29 is 27.8 Å². The molecule has 1 aromatic carbocycles. The first-order valence-corrected chi connectivity index (χ1v) is 8.77. The van der Waals surface area contributed by atoms with E-state index in [-0.39, 0.29) is 47.3 Å². The third kappa shape index (κ3) is 3.54. The van der Waals surface area contributed by atoms with Crippen LogP contribution in [-0.2, 0) is 14.8 Å². The Hall–Kier alpha value is -1.51. The average molecular weight is 364 g/mol. The molecular formula is C14H18ClNO6S. The molecule has 1 aliphatic rings. The molecule has 0 aliphatic carbocycles. The van der Waals surface area contributed by atoms with Gasteiger partial charge in [0.25, 0.3) is 0 Å². The lowest BCUT2D eigenvalue weighted by Crippen LogP contribution is -2.40. The van der Waals surface area contributed by atoms with Crippen molar-refractivity contribution in [3.8, 4) is 11.5 Å². The number of benzene rings is 1. The molecule has 0 radical (unpaired) electrons. The summed E-state index contributed by atoms with van der Waals surface area (Å²) >= 11 is 5.99. The minimum Gasteiger partial charge on any atom is -0.495 e. The monoisotopic (exact) mass is 363 g/mol. The molecule has 0 unspecified atom stereocenters. The van der Waals surface area contributed by atoms with Crippen LogP contribution in [0.25, 0.3) is 0 Å². The minimum absolute atomic E-state index is 0.0463. The summed E-state index contributed by atoms with van der Waals surface area (Å²) in [4.78, 5) is 10.9. The molecule has 7 nitrogen and oxygen atoms in total. The summed E-state index contributed by atoms with van der Waals surface area (Å²) in [5.74, 6) is -1.06. The van der Waals surface area contributed by atoms with E-state index in [4.69, 9.17) is 26.2 Å². The predicted octanol–water partition coefficient (Wildman–Crippen LogP) is 1.84. The summed E-state index contributed by atoms with van der Waals surface area (Å²) in [5, 5.41) is 9.25. The maximum atomic E-state index is 12.8. The molecule has 0 aromatic heterocycles. The number of halogens is 1. The van der Waals surface area contributed by atoms with Crippen LogP contribution in [0.4, 0.5) is 0 Å². The van der Waals surface area contributed by atoms with E-state index in [1.165, 1.54) is 30.7 Å². The zero-order valence-corrected chi connectivity index (χ0v) is 14.4. The van der Waals surface area contributed by atoms with E-state index in [0.717, 1.165) is 0 Å². The maximum Gasteiger partial charge on any atom is 0.306 e. The number of carboxylic acid groups (broad SMARTS) is 1. The molecule has 1 aromatic rings. The van der Waals surface area contributed by atoms with Gasteiger partial charge in [0, 0.05) is 25.2 Å². The highest BCUT2D eigenvalue weighted by Gasteiger charge is 2.34. The Morgan fingerprint density at radius 3 is 2.26 bits per heavy atom. The van der Waals surface area contributed by atoms with Gasteiger partial charge in [0.15, 0.2) is 0 Å². The van der Waals surface area contributed by atoms with Crippen LogP contribution in [0.3, 0.4) is 0 Å². The van der Waals surface area contributed by atoms with Crippen LogP contribution in [-0.4, -0.2) is 51.1 Å². The van der Waals surface area contributed by atoms with Crippen LogP contribution >= 0.6 is 11.6 Å². The number of aliphatic carboxylic acids is 1. The second-order valence-corrected chi connectivity index (χ2v) is 7.47. The summed E-state index contributed by atoms with van der Waals surface area (Å²) in [6, 6.07) is 2.71. The molecule has 0 bridgehead atoms. The van der Waals surface area contributed by atoms with Gasteiger partial charge in [-0.1, -0.05) is 11.6 Å². The molecule has 1 N–H and O–H groups in total. The van der Waals surface area contributed by atoms with E-state index < -0.39 is 21.9 Å². The zero-order valence-electron chi connectivity index (χ0n) is 12.8. The van der Waals surface area contributed by atoms with Gasteiger partial charge >= 0.3 is 5.97 Å². The Morgan fingerprint density at radius 2 is 1.78 bits per heavy atom. The third-order valence-corrected chi connectivity index (χ3v) is 6.07. The van der Waals surface area contributed by atoms with Gasteiger partial charge < -0.3 is 14.6 Å². The summed E-state index contributed by atoms with van der Waals surface area (Å²) in [6.45, 7) is 0.292. The van der Waals surface area contributed by atoms with Crippen LogP contribution in [0, 0.1) is 5.92 Å². The van der Waals surface area contributed by atoms with Gasteiger partial charge in [-0.15, -0.1) is 0 Å². The summed E-state index contributed by atoms with van der Waals surface area (Å²) in [6.07, 6.45) is 0.559. The quantitative estimate of drug-likeness (QED) is 0.858. The van der Waals surface area contributed by atoms with Crippen LogP contribution in [0.5, 0.6) is 11.5 Å². The van der Waals surface area contributed by atoms with Crippen molar-refractivity contribution >= 4 is 27.6 Å². The lowest BCUT2D eigenvalue weighted by molar-refractivity contribution is -0.142. The molecule has 128 valence electrons. The molecule has 1 fully saturated rings. The average Bonchev–Trinajstić information content (AvgIpc) is 2.54. The van der Waals surface area contributed by atoms with Crippen molar-refractivity contribution in [3.63, 3.8) is 0 Å². The van der Waals surface area contributed by atoms with Gasteiger partial charge in [0.05, 0.1) is 25.2 Å². The number of carboxylic acids is 1. The Kier molecular flexibility index (Phi) is 5.38. The number of sulfonamides is 1. The Balaban J connectivity index is 2.35. The molecule has 1 aliphatic heterocycles. The van der Waals surface area contributed by atoms with Crippen LogP contribution in [0.1, 0.15) is 12.8 Å². The van der Waals surface area contributed by atoms with E-state index in [1.807, 2.05) is 0 Å². The van der Waals surface area contributed by atoms with Crippen LogP contribution in [0.15, 0.2) is 17.0 Å². The van der Waals surface area contributed by atoms with Gasteiger partial charge in [0.2, 0.25) is 10.0 Å². The summed E-state index contributed by atoms with van der Waals surface area (Å²) in [5.41, 5.74) is 0. The zero-order chi connectivity index (χ0) is 17.2. The fourth-order valence-electron chi connectivity index (χ4n) is 2.52. The van der Waals surface area contributed by atoms with E-state index in [1.54, 1.807) is 0 Å². The molecule has 0 spiro atoms. The van der Waals surface area contributed by atoms with Crippen molar-refractivity contribution in [2.75, 3.05) is 27.3 Å². The van der Waals surface area contributed by atoms with Crippen molar-refractivity contribution in [2.45, 2.75) is 17.7 Å². The first kappa shape index (κ1) is 17.8. The molecule has 9 heteroatoms. The summed E-state index contributed by atoms with van der Waals surface area (Å²) in [7, 11) is -1.08. The molecule has 0 atom stereocenters. The van der Waals surface area contributed by atoms with Crippen molar-refractivity contribution in [1.82, 2.24) is 4.31 Å². The Morgan fingerprint density at radius 1 is 1.22 bits per heavy atom. The van der Waals surface area contributed by atoms with E-state index in [0.29, 0.717) is 0 Å². The van der Waals surface area contributed by atoms with Gasteiger partial charge in [-0.25, -0.2) is 8.42 Å². The highest BCUT2D eigenvalue weighted by Crippen LogP contribution is 2.37. The predicted molar refractivity (Wildman–Crippen MR) is 83.7 cm³/mol. The first-order valence-electron chi connectivity index (χ1n) is 6.95. The fraction of sp³-hybridized carbons (Fsp3) is 0.500. The van der Waals surface area contributed by atoms with Crippen molar-refractivity contribution in [1.29, 1.82) is 0 Å². The van der Waals surface area contributed by atoms with Gasteiger partial charge in [-0.05, 0) is 12.8 Å². The molecule has 1 saturated heterocycles. The van der Waals surface area contributed by atoms with E-state index in [2.05, 4.69) is 0 Å². The highest BCUT2D eigenvalue weighted by atomic mass is 35.5. The Bertz CT molecular complexity index is 697. The SMILES string of the molecule is COc1cc(S(=O)(=O)N2CCC(C(=O)O)CC2)c(OC)cc1Cl. The van der Waals surface area contributed by atoms with Crippen molar-refractivity contribution in [3.05, 3.63) is 17.2 Å². The van der Waals surface area contributed by atoms with Crippen LogP contribution in [0.2, 0.25) is 5.02 Å². The third-order valence-electron chi connectivity index (χ3n) is 3.86. The number of piperidine rings is 1. The number of methoxy groups -OCH3 is 2. The summed E-state index contributed by atoms with van der Waals surface area (Å²) < 4.78 is 37.1. The number of rotatable bonds is 5. The molecule has 1 heterocycles. The topological polar surface area (TPSA) is 93.1 Å². The number of hydrogen-bond donors (Lipinski definition) is 1. The molecule has 0 saturated carbocycles. The fourth-order valence-corrected chi connectivity index (χ4v) is 4.37. The first-order chi connectivity index (χ1) is 10.8. The highest BCUT2D eigenvalue weighted by molar-refractivity contribution is 7.89. The minimum atomic E-state index is -3.83. The lowest BCUT2D eigenvalue weighted by atomic mass is 9.99. The number of ether oxygens (including phenoxy) is 2. The van der Waals surface area contributed by atoms with E-state index >= 15 is 0 Å². The number of carbonyl (C=O) groups is 1. The second-order valence-electron chi connectivity index (χ2n) is 5.15. The van der Waals surface area contributed by atoms with Crippen molar-refractivity contribution in [2.24, 2.45) is 5.92 Å². The number of nitrogens with zero attached hydrogens (tertiary/aromatic N) is 1. The second kappa shape index (κ2) is 6.94. The Labute approximate surface area is 139 Å². The molecular weight excluding hydrogens is 346 g/mol. The molecule has 2 rings (SSSR count). The van der Waals surface area contributed by atoms with Gasteiger partial charge in [-0.2, -0.15) is 4.31 Å².